The topological polar surface area (TPSA) is 54.3 Å². The molecule has 5 nitrogen and oxygen atoms in total. The van der Waals surface area contributed by atoms with Crippen LogP contribution in [0.1, 0.15) is 6.92 Å². The first-order valence-corrected chi connectivity index (χ1v) is 3.80. The quantitative estimate of drug-likeness (QED) is 0.669. The van der Waals surface area contributed by atoms with Crippen LogP contribution >= 0.6 is 0 Å². The second kappa shape index (κ2) is 2.86. The van der Waals surface area contributed by atoms with Crippen LogP contribution < -0.4 is 5.48 Å². The minimum Gasteiger partial charge on any atom is -0.280 e. The normalized spacial score (nSPS) is 10.8. The fourth-order valence-corrected chi connectivity index (χ4v) is 1.04. The molecule has 0 fully saturated rings. The molecule has 2 aromatic rings. The average molecular weight is 166 g/mol. The van der Waals surface area contributed by atoms with Crippen LogP contribution in [-0.2, 0) is 4.84 Å². The van der Waals surface area contributed by atoms with Crippen molar-refractivity contribution in [2.75, 3.05) is 12.1 Å². The first kappa shape index (κ1) is 7.17. The van der Waals surface area contributed by atoms with Gasteiger partial charge in [0.15, 0.2) is 11.5 Å². The molecule has 0 aromatic carbocycles. The van der Waals surface area contributed by atoms with E-state index in [1.807, 2.05) is 19.1 Å². The van der Waals surface area contributed by atoms with Gasteiger partial charge in [0.1, 0.15) is 6.33 Å². The number of aromatic amines is 1. The third kappa shape index (κ3) is 1.04. The molecule has 0 bridgehead atoms. The third-order valence-electron chi connectivity index (χ3n) is 1.57. The number of nitrogens with one attached hydrogen (secondary N) is 2. The molecule has 0 aliphatic carbocycles. The summed E-state index contributed by atoms with van der Waals surface area (Å²) in [5.74, 6) is 0.851. The summed E-state index contributed by atoms with van der Waals surface area (Å²) in [6.45, 7) is 2.55. The minimum absolute atomic E-state index is 0.626. The third-order valence-corrected chi connectivity index (χ3v) is 1.57. The zero-order chi connectivity index (χ0) is 8.39. The lowest BCUT2D eigenvalue weighted by atomic mass is 10.6. The van der Waals surface area contributed by atoms with E-state index in [-0.39, 0.29) is 0 Å². The molecule has 0 spiro atoms. The lowest BCUT2D eigenvalue weighted by Crippen LogP contribution is -2.02. The molecular weight excluding hydrogens is 156 g/mol. The van der Waals surface area contributed by atoms with Crippen molar-refractivity contribution in [1.82, 2.24) is 14.6 Å². The van der Waals surface area contributed by atoms with Crippen LogP contribution in [0.5, 0.6) is 0 Å². The number of H-pyrrole nitrogens is 1. The summed E-state index contributed by atoms with van der Waals surface area (Å²) in [6, 6.07) is 3.80. The van der Waals surface area contributed by atoms with Crippen LogP contribution in [0.4, 0.5) is 5.82 Å². The van der Waals surface area contributed by atoms with E-state index < -0.39 is 0 Å². The van der Waals surface area contributed by atoms with Crippen LogP contribution in [0.15, 0.2) is 18.5 Å². The van der Waals surface area contributed by atoms with Crippen molar-refractivity contribution in [2.24, 2.45) is 0 Å². The van der Waals surface area contributed by atoms with Crippen LogP contribution in [0.2, 0.25) is 0 Å². The van der Waals surface area contributed by atoms with Crippen LogP contribution in [0.25, 0.3) is 5.65 Å². The highest BCUT2D eigenvalue weighted by Gasteiger charge is 2.00. The summed E-state index contributed by atoms with van der Waals surface area (Å²) in [5, 5.41) is 2.94. The number of rotatable bonds is 3. The van der Waals surface area contributed by atoms with Gasteiger partial charge in [0.2, 0.25) is 0 Å². The van der Waals surface area contributed by atoms with E-state index in [2.05, 4.69) is 15.6 Å². The van der Waals surface area contributed by atoms with Gasteiger partial charge >= 0.3 is 0 Å². The maximum absolute atomic E-state index is 5.04. The van der Waals surface area contributed by atoms with Crippen LogP contribution in [-0.4, -0.2) is 21.2 Å². The summed E-state index contributed by atoms with van der Waals surface area (Å²) in [6.07, 6.45) is 1.63. The number of nitrogens with zero attached hydrogens (tertiary/aromatic N) is 2. The zero-order valence-electron chi connectivity index (χ0n) is 6.74. The zero-order valence-corrected chi connectivity index (χ0v) is 6.74. The maximum Gasteiger partial charge on any atom is 0.155 e. The Morgan fingerprint density at radius 1 is 1.67 bits per heavy atom. The second-order valence-electron chi connectivity index (χ2n) is 2.33. The summed E-state index contributed by atoms with van der Waals surface area (Å²) in [5.41, 5.74) is 3.67. The molecule has 0 radical (unpaired) electrons. The highest BCUT2D eigenvalue weighted by atomic mass is 16.6. The molecule has 0 unspecified atom stereocenters. The summed E-state index contributed by atoms with van der Waals surface area (Å²) in [4.78, 5) is 9.10. The van der Waals surface area contributed by atoms with Crippen molar-refractivity contribution in [3.05, 3.63) is 18.5 Å². The molecule has 0 aliphatic heterocycles. The van der Waals surface area contributed by atoms with Gasteiger partial charge in [0.05, 0.1) is 6.61 Å². The average Bonchev–Trinajstić information content (AvgIpc) is 2.62. The molecule has 2 heterocycles. The van der Waals surface area contributed by atoms with Crippen LogP contribution in [0, 0.1) is 0 Å². The van der Waals surface area contributed by atoms with E-state index in [1.54, 1.807) is 10.8 Å². The predicted molar refractivity (Wildman–Crippen MR) is 44.8 cm³/mol. The Morgan fingerprint density at radius 2 is 2.58 bits per heavy atom. The summed E-state index contributed by atoms with van der Waals surface area (Å²) < 4.78 is 1.80. The number of hydrogen-bond donors (Lipinski definition) is 2. The van der Waals surface area contributed by atoms with Crippen molar-refractivity contribution in [2.45, 2.75) is 6.92 Å². The molecule has 0 amide bonds. The van der Waals surface area contributed by atoms with Crippen molar-refractivity contribution >= 4 is 11.5 Å². The van der Waals surface area contributed by atoms with Crippen molar-refractivity contribution in [3.8, 4) is 0 Å². The van der Waals surface area contributed by atoms with Gasteiger partial charge in [-0.3, -0.25) is 9.94 Å². The fourth-order valence-electron chi connectivity index (χ4n) is 1.04. The van der Waals surface area contributed by atoms with Gasteiger partial charge in [-0.15, -0.1) is 0 Å². The van der Waals surface area contributed by atoms with E-state index >= 15 is 0 Å². The number of anilines is 1. The lowest BCUT2D eigenvalue weighted by Gasteiger charge is -2.01. The SMILES string of the molecule is CCONc1ccc2nc[nH]n12. The largest absolute Gasteiger partial charge is 0.280 e. The Morgan fingerprint density at radius 3 is 3.42 bits per heavy atom. The smallest absolute Gasteiger partial charge is 0.155 e. The van der Waals surface area contributed by atoms with Gasteiger partial charge < -0.3 is 0 Å². The van der Waals surface area contributed by atoms with Gasteiger partial charge in [-0.25, -0.2) is 15.0 Å². The van der Waals surface area contributed by atoms with E-state index in [9.17, 15) is 0 Å². The summed E-state index contributed by atoms with van der Waals surface area (Å²) in [7, 11) is 0. The van der Waals surface area contributed by atoms with Crippen molar-refractivity contribution in [3.63, 3.8) is 0 Å². The first-order chi connectivity index (χ1) is 5.92. The molecule has 2 rings (SSSR count). The number of aromatic nitrogens is 3. The highest BCUT2D eigenvalue weighted by molar-refractivity contribution is 5.50. The van der Waals surface area contributed by atoms with Crippen molar-refractivity contribution < 1.29 is 4.84 Å². The standard InChI is InChI=1S/C7H10N4O/c1-2-12-10-7-4-3-6-8-5-9-11(6)7/h3-5,10H,2H2,1H3,(H,8,9). The molecule has 0 aliphatic rings. The lowest BCUT2D eigenvalue weighted by molar-refractivity contribution is 0.208. The predicted octanol–water partition coefficient (Wildman–Crippen LogP) is 1.03. The Hall–Kier alpha value is -1.49. The monoisotopic (exact) mass is 166 g/mol. The Kier molecular flexibility index (Phi) is 1.71. The van der Waals surface area contributed by atoms with E-state index in [0.29, 0.717) is 6.61 Å². The minimum atomic E-state index is 0.626. The molecule has 5 heteroatoms. The van der Waals surface area contributed by atoms with Gasteiger partial charge in [-0.1, -0.05) is 0 Å². The van der Waals surface area contributed by atoms with E-state index in [4.69, 9.17) is 4.84 Å². The highest BCUT2D eigenvalue weighted by Crippen LogP contribution is 2.10. The Balaban J connectivity index is 2.28. The van der Waals surface area contributed by atoms with Gasteiger partial charge in [0, 0.05) is 0 Å². The molecular formula is C7H10N4O. The molecule has 12 heavy (non-hydrogen) atoms. The van der Waals surface area contributed by atoms with Gasteiger partial charge in [0.25, 0.3) is 0 Å². The molecule has 0 saturated heterocycles. The number of hydrogen-bond acceptors (Lipinski definition) is 3. The molecule has 0 saturated carbocycles. The van der Waals surface area contributed by atoms with Crippen molar-refractivity contribution in [1.29, 1.82) is 0 Å². The summed E-state index contributed by atoms with van der Waals surface area (Å²) >= 11 is 0. The van der Waals surface area contributed by atoms with E-state index in [0.717, 1.165) is 11.5 Å². The molecule has 2 N–H and O–H groups in total. The second-order valence-corrected chi connectivity index (χ2v) is 2.33. The Bertz CT molecular complexity index is 364. The van der Waals surface area contributed by atoms with Gasteiger partial charge in [-0.2, -0.15) is 0 Å². The maximum atomic E-state index is 5.04. The first-order valence-electron chi connectivity index (χ1n) is 3.80. The van der Waals surface area contributed by atoms with Crippen LogP contribution in [0.3, 0.4) is 0 Å². The van der Waals surface area contributed by atoms with E-state index in [1.165, 1.54) is 0 Å². The van der Waals surface area contributed by atoms with Gasteiger partial charge in [-0.05, 0) is 19.1 Å². The fraction of sp³-hybridized carbons (Fsp3) is 0.286. The molecule has 2 aromatic heterocycles. The molecule has 64 valence electrons. The molecule has 0 atom stereocenters. The number of fused-ring (bicyclic) bond motifs is 1. The Labute approximate surface area is 69.3 Å².